The monoisotopic (exact) mass is 366 g/mol. The Morgan fingerprint density at radius 3 is 2.65 bits per heavy atom. The van der Waals surface area contributed by atoms with Gasteiger partial charge in [-0.1, -0.05) is 17.7 Å². The van der Waals surface area contributed by atoms with Crippen LogP contribution in [0, 0.1) is 18.3 Å². The van der Waals surface area contributed by atoms with E-state index in [0.29, 0.717) is 27.8 Å². The second-order valence-electron chi connectivity index (χ2n) is 6.60. The molecule has 0 heterocycles. The lowest BCUT2D eigenvalue weighted by atomic mass is 9.95. The van der Waals surface area contributed by atoms with E-state index < -0.39 is 5.41 Å². The van der Waals surface area contributed by atoms with Crippen LogP contribution in [0.3, 0.4) is 0 Å². The number of amides is 1. The molecule has 1 aliphatic carbocycles. The van der Waals surface area contributed by atoms with Crippen LogP contribution in [-0.4, -0.2) is 11.7 Å². The van der Waals surface area contributed by atoms with Crippen LogP contribution < -0.4 is 11.1 Å². The average Bonchev–Trinajstić information content (AvgIpc) is 3.39. The lowest BCUT2D eigenvalue weighted by molar-refractivity contribution is 0.102. The summed E-state index contributed by atoms with van der Waals surface area (Å²) in [5.74, 6) is 0.185. The Hall–Kier alpha value is -2.84. The Bertz CT molecular complexity index is 951. The third-order valence-corrected chi connectivity index (χ3v) is 4.80. The van der Waals surface area contributed by atoms with Crippen LogP contribution in [0.15, 0.2) is 41.4 Å². The van der Waals surface area contributed by atoms with Crippen LogP contribution in [0.25, 0.3) is 0 Å². The van der Waals surface area contributed by atoms with Gasteiger partial charge in [0, 0.05) is 16.3 Å². The third-order valence-electron chi connectivity index (χ3n) is 4.47. The standard InChI is InChI=1S/C20H19ClN4O/c1-12-3-5-15(10-18(12)24-13(2)23)25-19(26)14-4-6-17(21)16(9-14)20(11-22)7-8-20/h3-6,9-10H,7-8H2,1-2H3,(H2,23,24)(H,25,26). The molecule has 2 aromatic rings. The summed E-state index contributed by atoms with van der Waals surface area (Å²) in [5, 5.41) is 12.8. The van der Waals surface area contributed by atoms with Crippen LogP contribution in [0.2, 0.25) is 5.02 Å². The highest BCUT2D eigenvalue weighted by molar-refractivity contribution is 6.31. The molecule has 0 aromatic heterocycles. The first-order valence-electron chi connectivity index (χ1n) is 8.29. The molecule has 1 aliphatic rings. The summed E-state index contributed by atoms with van der Waals surface area (Å²) in [6.45, 7) is 3.64. The molecule has 2 aromatic carbocycles. The van der Waals surface area contributed by atoms with Crippen molar-refractivity contribution in [1.82, 2.24) is 0 Å². The highest BCUT2D eigenvalue weighted by Crippen LogP contribution is 2.50. The van der Waals surface area contributed by atoms with Crippen molar-refractivity contribution in [2.75, 3.05) is 5.32 Å². The number of nitriles is 1. The van der Waals surface area contributed by atoms with E-state index in [2.05, 4.69) is 16.4 Å². The van der Waals surface area contributed by atoms with Gasteiger partial charge < -0.3 is 11.1 Å². The van der Waals surface area contributed by atoms with Gasteiger partial charge in [0.2, 0.25) is 0 Å². The van der Waals surface area contributed by atoms with Crippen molar-refractivity contribution in [3.05, 3.63) is 58.1 Å². The normalized spacial score (nSPS) is 15.2. The van der Waals surface area contributed by atoms with Crippen molar-refractivity contribution in [3.8, 4) is 6.07 Å². The highest BCUT2D eigenvalue weighted by atomic mass is 35.5. The SMILES string of the molecule is CC(N)=Nc1cc(NC(=O)c2ccc(Cl)c(C3(C#N)CC3)c2)ccc1C. The molecule has 3 N–H and O–H groups in total. The van der Waals surface area contributed by atoms with Gasteiger partial charge in [-0.3, -0.25) is 4.79 Å². The zero-order valence-electron chi connectivity index (χ0n) is 14.6. The van der Waals surface area contributed by atoms with Gasteiger partial charge in [0.25, 0.3) is 5.91 Å². The number of carbonyl (C=O) groups excluding carboxylic acids is 1. The van der Waals surface area contributed by atoms with E-state index in [1.165, 1.54) is 0 Å². The molecule has 0 spiro atoms. The molecular weight excluding hydrogens is 348 g/mol. The Kier molecular flexibility index (Phi) is 4.71. The number of aliphatic imine (C=N–C) groups is 1. The molecule has 0 bridgehead atoms. The number of nitrogens with zero attached hydrogens (tertiary/aromatic N) is 2. The fourth-order valence-electron chi connectivity index (χ4n) is 2.80. The quantitative estimate of drug-likeness (QED) is 0.617. The van der Waals surface area contributed by atoms with Crippen molar-refractivity contribution in [2.24, 2.45) is 10.7 Å². The van der Waals surface area contributed by atoms with Crippen molar-refractivity contribution in [2.45, 2.75) is 32.1 Å². The molecule has 6 heteroatoms. The minimum atomic E-state index is -0.544. The summed E-state index contributed by atoms with van der Waals surface area (Å²) < 4.78 is 0. The van der Waals surface area contributed by atoms with Gasteiger partial charge in [-0.05, 0) is 68.1 Å². The van der Waals surface area contributed by atoms with Gasteiger partial charge in [-0.15, -0.1) is 0 Å². The first-order chi connectivity index (χ1) is 12.3. The molecule has 1 amide bonds. The Labute approximate surface area is 157 Å². The number of benzene rings is 2. The fraction of sp³-hybridized carbons (Fsp3) is 0.250. The van der Waals surface area contributed by atoms with Crippen molar-refractivity contribution < 1.29 is 4.79 Å². The summed E-state index contributed by atoms with van der Waals surface area (Å²) in [7, 11) is 0. The van der Waals surface area contributed by atoms with Crippen LogP contribution in [0.5, 0.6) is 0 Å². The lowest BCUT2D eigenvalue weighted by Gasteiger charge is -2.12. The van der Waals surface area contributed by atoms with E-state index in [9.17, 15) is 10.1 Å². The number of nitrogens with two attached hydrogens (primary N) is 1. The number of nitrogens with one attached hydrogen (secondary N) is 1. The smallest absolute Gasteiger partial charge is 0.255 e. The molecule has 1 fully saturated rings. The second kappa shape index (κ2) is 6.81. The Balaban J connectivity index is 1.87. The van der Waals surface area contributed by atoms with Gasteiger partial charge in [0.1, 0.15) is 0 Å². The predicted molar refractivity (Wildman–Crippen MR) is 104 cm³/mol. The molecule has 1 saturated carbocycles. The topological polar surface area (TPSA) is 91.3 Å². The van der Waals surface area contributed by atoms with E-state index in [-0.39, 0.29) is 5.91 Å². The highest BCUT2D eigenvalue weighted by Gasteiger charge is 2.46. The van der Waals surface area contributed by atoms with Gasteiger partial charge in [-0.25, -0.2) is 4.99 Å². The number of rotatable bonds is 4. The minimum absolute atomic E-state index is 0.264. The average molecular weight is 367 g/mol. The summed E-state index contributed by atoms with van der Waals surface area (Å²) in [6.07, 6.45) is 1.54. The number of aryl methyl sites for hydroxylation is 1. The summed E-state index contributed by atoms with van der Waals surface area (Å²) in [5.41, 5.74) is 8.59. The van der Waals surface area contributed by atoms with Crippen molar-refractivity contribution in [1.29, 1.82) is 5.26 Å². The van der Waals surface area contributed by atoms with Gasteiger partial charge >= 0.3 is 0 Å². The van der Waals surface area contributed by atoms with Crippen molar-refractivity contribution in [3.63, 3.8) is 0 Å². The molecule has 0 unspecified atom stereocenters. The van der Waals surface area contributed by atoms with Crippen LogP contribution >= 0.6 is 11.6 Å². The van der Waals surface area contributed by atoms with E-state index in [1.807, 2.05) is 19.1 Å². The van der Waals surface area contributed by atoms with E-state index in [1.54, 1.807) is 31.2 Å². The zero-order valence-corrected chi connectivity index (χ0v) is 15.4. The Morgan fingerprint density at radius 1 is 1.31 bits per heavy atom. The van der Waals surface area contributed by atoms with Crippen LogP contribution in [-0.2, 0) is 5.41 Å². The first kappa shape index (κ1) is 18.0. The summed E-state index contributed by atoms with van der Waals surface area (Å²) in [4.78, 5) is 16.9. The van der Waals surface area contributed by atoms with Gasteiger partial charge in [-0.2, -0.15) is 5.26 Å². The molecule has 5 nitrogen and oxygen atoms in total. The largest absolute Gasteiger partial charge is 0.387 e. The zero-order chi connectivity index (χ0) is 18.9. The van der Waals surface area contributed by atoms with Crippen LogP contribution in [0.1, 0.15) is 41.3 Å². The van der Waals surface area contributed by atoms with Crippen molar-refractivity contribution >= 4 is 34.7 Å². The second-order valence-corrected chi connectivity index (χ2v) is 7.00. The third kappa shape index (κ3) is 3.56. The molecule has 0 saturated heterocycles. The Morgan fingerprint density at radius 2 is 2.04 bits per heavy atom. The molecule has 26 heavy (non-hydrogen) atoms. The predicted octanol–water partition coefficient (Wildman–Crippen LogP) is 4.46. The van der Waals surface area contributed by atoms with E-state index in [0.717, 1.165) is 24.0 Å². The molecule has 3 rings (SSSR count). The van der Waals surface area contributed by atoms with Crippen LogP contribution in [0.4, 0.5) is 11.4 Å². The number of hydrogen-bond acceptors (Lipinski definition) is 3. The summed E-state index contributed by atoms with van der Waals surface area (Å²) >= 11 is 6.24. The lowest BCUT2D eigenvalue weighted by Crippen LogP contribution is -2.14. The maximum Gasteiger partial charge on any atom is 0.255 e. The number of anilines is 1. The molecule has 0 radical (unpaired) electrons. The maximum atomic E-state index is 12.6. The van der Waals surface area contributed by atoms with E-state index in [4.69, 9.17) is 17.3 Å². The minimum Gasteiger partial charge on any atom is -0.387 e. The van der Waals surface area contributed by atoms with E-state index >= 15 is 0 Å². The molecular formula is C20H19ClN4O. The molecule has 0 atom stereocenters. The molecule has 0 aliphatic heterocycles. The fourth-order valence-corrected chi connectivity index (χ4v) is 3.10. The number of hydrogen-bond donors (Lipinski definition) is 2. The number of halogens is 1. The number of amidine groups is 1. The summed E-state index contributed by atoms with van der Waals surface area (Å²) in [6, 6.07) is 12.8. The first-order valence-corrected chi connectivity index (χ1v) is 8.66. The number of carbonyl (C=O) groups is 1. The maximum absolute atomic E-state index is 12.6. The molecule has 132 valence electrons. The van der Waals surface area contributed by atoms with Gasteiger partial charge in [0.15, 0.2) is 0 Å². The van der Waals surface area contributed by atoms with Gasteiger partial charge in [0.05, 0.1) is 23.0 Å².